The fraction of sp³-hybridized carbons (Fsp3) is 0.348. The van der Waals surface area contributed by atoms with Crippen molar-refractivity contribution in [2.24, 2.45) is 0 Å². The van der Waals surface area contributed by atoms with Crippen molar-refractivity contribution in [3.63, 3.8) is 0 Å². The van der Waals surface area contributed by atoms with Gasteiger partial charge < -0.3 is 23.9 Å². The minimum Gasteiger partial charge on any atom is -0.490 e. The predicted octanol–water partition coefficient (Wildman–Crippen LogP) is 4.96. The first-order valence-electron chi connectivity index (χ1n) is 11.0. The molecule has 0 saturated carbocycles. The van der Waals surface area contributed by atoms with Gasteiger partial charge in [-0.3, -0.25) is 14.9 Å². The Balaban J connectivity index is 1.79. The van der Waals surface area contributed by atoms with Crippen molar-refractivity contribution in [1.82, 2.24) is 10.2 Å². The third-order valence-corrected chi connectivity index (χ3v) is 5.50. The molecule has 1 atom stereocenters. The number of aromatic nitrogens is 2. The molecule has 1 N–H and O–H groups in total. The molecule has 1 amide bonds. The maximum atomic E-state index is 12.6. The second-order valence-corrected chi connectivity index (χ2v) is 8.29. The van der Waals surface area contributed by atoms with Gasteiger partial charge in [-0.25, -0.2) is 0 Å². The molecule has 1 heterocycles. The molecule has 0 aliphatic carbocycles. The van der Waals surface area contributed by atoms with E-state index in [2.05, 4.69) is 15.5 Å². The summed E-state index contributed by atoms with van der Waals surface area (Å²) in [6, 6.07) is 9.38. The van der Waals surface area contributed by atoms with Crippen LogP contribution in [-0.4, -0.2) is 46.1 Å². The van der Waals surface area contributed by atoms with Gasteiger partial charge in [0.15, 0.2) is 11.5 Å². The van der Waals surface area contributed by atoms with Crippen LogP contribution in [0.1, 0.15) is 27.7 Å². The van der Waals surface area contributed by atoms with E-state index in [1.165, 1.54) is 18.2 Å². The summed E-state index contributed by atoms with van der Waals surface area (Å²) in [7, 11) is 0. The van der Waals surface area contributed by atoms with Gasteiger partial charge in [0.2, 0.25) is 17.5 Å². The molecular weight excluding hydrogens is 476 g/mol. The van der Waals surface area contributed by atoms with Crippen LogP contribution < -0.4 is 19.5 Å². The zero-order valence-corrected chi connectivity index (χ0v) is 20.6. The summed E-state index contributed by atoms with van der Waals surface area (Å²) in [6.07, 6.45) is 0. The van der Waals surface area contributed by atoms with Gasteiger partial charge in [0, 0.05) is 11.6 Å². The van der Waals surface area contributed by atoms with E-state index in [1.807, 2.05) is 20.8 Å². The molecule has 0 fully saturated rings. The van der Waals surface area contributed by atoms with Gasteiger partial charge in [-0.15, -0.1) is 10.2 Å². The van der Waals surface area contributed by atoms with Crippen LogP contribution in [0.4, 0.5) is 11.4 Å². The minimum atomic E-state index is -0.665. The van der Waals surface area contributed by atoms with Gasteiger partial charge >= 0.3 is 0 Å². The van der Waals surface area contributed by atoms with E-state index in [-0.39, 0.29) is 22.5 Å². The van der Waals surface area contributed by atoms with E-state index in [4.69, 9.17) is 18.6 Å². The monoisotopic (exact) mass is 502 g/mol. The average molecular weight is 503 g/mol. The molecule has 186 valence electrons. The van der Waals surface area contributed by atoms with Gasteiger partial charge in [-0.2, -0.15) is 0 Å². The van der Waals surface area contributed by atoms with Crippen LogP contribution in [0.3, 0.4) is 0 Å². The number of thioether (sulfide) groups is 1. The third kappa shape index (κ3) is 6.41. The second kappa shape index (κ2) is 12.1. The van der Waals surface area contributed by atoms with E-state index < -0.39 is 16.1 Å². The largest absolute Gasteiger partial charge is 0.490 e. The number of carbonyl (C=O) groups is 1. The van der Waals surface area contributed by atoms with Gasteiger partial charge in [0.05, 0.1) is 30.0 Å². The molecule has 12 heteroatoms. The van der Waals surface area contributed by atoms with Crippen molar-refractivity contribution < 1.29 is 28.3 Å². The van der Waals surface area contributed by atoms with E-state index in [0.717, 1.165) is 11.8 Å². The van der Waals surface area contributed by atoms with Crippen LogP contribution in [0.2, 0.25) is 0 Å². The number of hydrogen-bond donors (Lipinski definition) is 1. The summed E-state index contributed by atoms with van der Waals surface area (Å²) in [6.45, 7) is 8.51. The van der Waals surface area contributed by atoms with Gasteiger partial charge in [0.1, 0.15) is 5.69 Å². The van der Waals surface area contributed by atoms with Crippen LogP contribution in [0.25, 0.3) is 11.5 Å². The number of nitro benzene ring substituents is 1. The lowest BCUT2D eigenvalue weighted by Crippen LogP contribution is -2.22. The SMILES string of the molecule is CCOc1cc(-c2nnc(SC(C)C(=O)Nc3ccccc3[N+](=O)[O-])o2)cc(OCC)c1OCC. The molecule has 35 heavy (non-hydrogen) atoms. The van der Waals surface area contributed by atoms with Crippen molar-refractivity contribution >= 4 is 29.0 Å². The van der Waals surface area contributed by atoms with Crippen molar-refractivity contribution in [2.45, 2.75) is 38.2 Å². The Morgan fingerprint density at radius 2 is 1.71 bits per heavy atom. The van der Waals surface area contributed by atoms with Gasteiger partial charge in [-0.1, -0.05) is 23.9 Å². The standard InChI is InChI=1S/C23H26N4O7S/c1-5-31-18-12-15(13-19(32-6-2)20(18)33-7-3)22-25-26-23(34-22)35-14(4)21(28)24-16-10-8-9-11-17(16)27(29)30/h8-14H,5-7H2,1-4H3,(H,24,28). The number of nitrogens with zero attached hydrogens (tertiary/aromatic N) is 3. The summed E-state index contributed by atoms with van der Waals surface area (Å²) in [5.41, 5.74) is 0.489. The molecule has 0 spiro atoms. The fourth-order valence-corrected chi connectivity index (χ4v) is 3.75. The highest BCUT2D eigenvalue weighted by Crippen LogP contribution is 2.42. The number of ether oxygens (including phenoxy) is 3. The molecule has 2 aromatic carbocycles. The predicted molar refractivity (Wildman–Crippen MR) is 130 cm³/mol. The summed E-state index contributed by atoms with van der Waals surface area (Å²) >= 11 is 1.03. The average Bonchev–Trinajstić information content (AvgIpc) is 3.30. The van der Waals surface area contributed by atoms with Gasteiger partial charge in [0.25, 0.3) is 10.9 Å². The third-order valence-electron chi connectivity index (χ3n) is 4.57. The van der Waals surface area contributed by atoms with Crippen LogP contribution in [0.5, 0.6) is 17.2 Å². The molecule has 0 aliphatic rings. The molecule has 1 unspecified atom stereocenters. The Morgan fingerprint density at radius 1 is 1.09 bits per heavy atom. The maximum absolute atomic E-state index is 12.6. The van der Waals surface area contributed by atoms with E-state index in [1.54, 1.807) is 25.1 Å². The number of nitrogens with one attached hydrogen (secondary N) is 1. The second-order valence-electron chi connectivity index (χ2n) is 7.00. The van der Waals surface area contributed by atoms with E-state index in [0.29, 0.717) is 42.6 Å². The molecule has 11 nitrogen and oxygen atoms in total. The zero-order valence-electron chi connectivity index (χ0n) is 19.8. The lowest BCUT2D eigenvalue weighted by molar-refractivity contribution is -0.383. The topological polar surface area (TPSA) is 139 Å². The number of carbonyl (C=O) groups excluding carboxylic acids is 1. The summed E-state index contributed by atoms with van der Waals surface area (Å²) in [5.74, 6) is 1.24. The van der Waals surface area contributed by atoms with Gasteiger partial charge in [-0.05, 0) is 45.9 Å². The molecule has 0 bridgehead atoms. The highest BCUT2D eigenvalue weighted by atomic mass is 32.2. The number of anilines is 1. The number of para-hydroxylation sites is 2. The molecule has 0 radical (unpaired) electrons. The van der Waals surface area contributed by atoms with Crippen molar-refractivity contribution in [3.8, 4) is 28.7 Å². The molecule has 0 saturated heterocycles. The Labute approximate surface area is 206 Å². The molecular formula is C23H26N4O7S. The zero-order chi connectivity index (χ0) is 25.4. The number of benzene rings is 2. The summed E-state index contributed by atoms with van der Waals surface area (Å²) in [5, 5.41) is 21.4. The lowest BCUT2D eigenvalue weighted by atomic mass is 10.2. The quantitative estimate of drug-likeness (QED) is 0.205. The molecule has 0 aliphatic heterocycles. The highest BCUT2D eigenvalue weighted by Gasteiger charge is 2.23. The van der Waals surface area contributed by atoms with Crippen LogP contribution >= 0.6 is 11.8 Å². The molecule has 1 aromatic heterocycles. The number of rotatable bonds is 12. The van der Waals surface area contributed by atoms with Crippen molar-refractivity contribution in [2.75, 3.05) is 25.1 Å². The van der Waals surface area contributed by atoms with Crippen LogP contribution in [0.15, 0.2) is 46.0 Å². The Bertz CT molecular complexity index is 1160. The first-order chi connectivity index (χ1) is 16.9. The van der Waals surface area contributed by atoms with Crippen LogP contribution in [0, 0.1) is 10.1 Å². The smallest absolute Gasteiger partial charge is 0.292 e. The number of hydrogen-bond acceptors (Lipinski definition) is 10. The fourth-order valence-electron chi connectivity index (χ4n) is 3.06. The highest BCUT2D eigenvalue weighted by molar-refractivity contribution is 8.00. The van der Waals surface area contributed by atoms with Crippen LogP contribution in [-0.2, 0) is 4.79 Å². The van der Waals surface area contributed by atoms with E-state index >= 15 is 0 Å². The number of nitro groups is 1. The number of amides is 1. The summed E-state index contributed by atoms with van der Waals surface area (Å²) in [4.78, 5) is 23.2. The molecule has 3 aromatic rings. The Hall–Kier alpha value is -3.80. The Kier molecular flexibility index (Phi) is 8.90. The lowest BCUT2D eigenvalue weighted by Gasteiger charge is -2.16. The minimum absolute atomic E-state index is 0.113. The maximum Gasteiger partial charge on any atom is 0.292 e. The Morgan fingerprint density at radius 3 is 2.31 bits per heavy atom. The van der Waals surface area contributed by atoms with Crippen molar-refractivity contribution in [3.05, 3.63) is 46.5 Å². The normalized spacial score (nSPS) is 11.5. The first-order valence-corrected chi connectivity index (χ1v) is 11.9. The first kappa shape index (κ1) is 25.8. The molecule has 3 rings (SSSR count). The van der Waals surface area contributed by atoms with Crippen molar-refractivity contribution in [1.29, 1.82) is 0 Å². The summed E-state index contributed by atoms with van der Waals surface area (Å²) < 4.78 is 22.9. The van der Waals surface area contributed by atoms with E-state index in [9.17, 15) is 14.9 Å².